The molecule has 0 radical (unpaired) electrons. The molecule has 0 aliphatic heterocycles. The highest BCUT2D eigenvalue weighted by Gasteiger charge is 2.26. The Labute approximate surface area is 104 Å². The first-order valence-corrected chi connectivity index (χ1v) is 5.57. The Morgan fingerprint density at radius 2 is 2.11 bits per heavy atom. The molecule has 0 aliphatic carbocycles. The van der Waals surface area contributed by atoms with Crippen molar-refractivity contribution in [1.29, 1.82) is 0 Å². The fourth-order valence-electron chi connectivity index (χ4n) is 1.77. The number of benzene rings is 1. The van der Waals surface area contributed by atoms with Gasteiger partial charge in [0.15, 0.2) is 0 Å². The molecule has 0 bridgehead atoms. The summed E-state index contributed by atoms with van der Waals surface area (Å²) in [6.45, 7) is 3.51. The average Bonchev–Trinajstić information content (AvgIpc) is 2.82. The van der Waals surface area contributed by atoms with E-state index in [0.29, 0.717) is 11.1 Å². The zero-order chi connectivity index (χ0) is 13.2. The van der Waals surface area contributed by atoms with Crippen LogP contribution in [0.1, 0.15) is 29.8 Å². The molecule has 94 valence electrons. The molecule has 18 heavy (non-hydrogen) atoms. The monoisotopic (exact) mass is 247 g/mol. The summed E-state index contributed by atoms with van der Waals surface area (Å²) in [5, 5.41) is 9.04. The van der Waals surface area contributed by atoms with Crippen molar-refractivity contribution in [2.75, 3.05) is 0 Å². The van der Waals surface area contributed by atoms with Gasteiger partial charge in [-0.25, -0.2) is 4.39 Å². The topological polar surface area (TPSA) is 57.8 Å². The maximum absolute atomic E-state index is 13.7. The van der Waals surface area contributed by atoms with E-state index in [2.05, 4.69) is 15.5 Å². The Kier molecular flexibility index (Phi) is 3.14. The van der Waals surface area contributed by atoms with Gasteiger partial charge in [-0.1, -0.05) is 18.2 Å². The first-order valence-electron chi connectivity index (χ1n) is 5.57. The van der Waals surface area contributed by atoms with Crippen molar-refractivity contribution >= 4 is 5.91 Å². The third kappa shape index (κ3) is 2.40. The van der Waals surface area contributed by atoms with Crippen molar-refractivity contribution < 1.29 is 9.18 Å². The van der Waals surface area contributed by atoms with Crippen molar-refractivity contribution in [1.82, 2.24) is 15.5 Å². The first-order chi connectivity index (χ1) is 8.50. The normalized spacial score (nSPS) is 11.3. The van der Waals surface area contributed by atoms with Gasteiger partial charge in [-0.2, -0.15) is 5.10 Å². The number of nitrogens with zero attached hydrogens (tertiary/aromatic N) is 1. The molecule has 0 unspecified atom stereocenters. The van der Waals surface area contributed by atoms with Crippen LogP contribution in [0.4, 0.5) is 4.39 Å². The van der Waals surface area contributed by atoms with Gasteiger partial charge in [0.2, 0.25) is 0 Å². The molecule has 1 aromatic carbocycles. The molecule has 1 amide bonds. The van der Waals surface area contributed by atoms with Crippen LogP contribution in [0.2, 0.25) is 0 Å². The van der Waals surface area contributed by atoms with E-state index in [4.69, 9.17) is 0 Å². The van der Waals surface area contributed by atoms with E-state index in [1.165, 1.54) is 18.5 Å². The summed E-state index contributed by atoms with van der Waals surface area (Å²) in [7, 11) is 0. The summed E-state index contributed by atoms with van der Waals surface area (Å²) in [6.07, 6.45) is 2.92. The molecule has 0 saturated carbocycles. The van der Waals surface area contributed by atoms with Gasteiger partial charge in [0.05, 0.1) is 17.3 Å². The van der Waals surface area contributed by atoms with Gasteiger partial charge in [0.25, 0.3) is 5.91 Å². The van der Waals surface area contributed by atoms with Crippen LogP contribution in [-0.2, 0) is 5.54 Å². The first kappa shape index (κ1) is 12.3. The molecule has 0 spiro atoms. The van der Waals surface area contributed by atoms with Crippen molar-refractivity contribution in [3.05, 3.63) is 53.6 Å². The van der Waals surface area contributed by atoms with Crippen molar-refractivity contribution in [3.63, 3.8) is 0 Å². The molecule has 1 heterocycles. The smallest absolute Gasteiger partial charge is 0.255 e. The summed E-state index contributed by atoms with van der Waals surface area (Å²) in [6, 6.07) is 6.39. The van der Waals surface area contributed by atoms with Crippen molar-refractivity contribution in [3.8, 4) is 0 Å². The second kappa shape index (κ2) is 4.60. The van der Waals surface area contributed by atoms with Crippen LogP contribution in [0.15, 0.2) is 36.7 Å². The maximum Gasteiger partial charge on any atom is 0.255 e. The molecule has 5 heteroatoms. The van der Waals surface area contributed by atoms with E-state index in [9.17, 15) is 9.18 Å². The Balaban J connectivity index is 2.22. The minimum Gasteiger partial charge on any atom is -0.343 e. The van der Waals surface area contributed by atoms with Crippen molar-refractivity contribution in [2.24, 2.45) is 0 Å². The highest BCUT2D eigenvalue weighted by atomic mass is 19.1. The third-order valence-corrected chi connectivity index (χ3v) is 2.73. The maximum atomic E-state index is 13.7. The quantitative estimate of drug-likeness (QED) is 0.873. The molecule has 0 saturated heterocycles. The zero-order valence-corrected chi connectivity index (χ0v) is 10.2. The SMILES string of the molecule is CC(C)(NC(=O)c1cn[nH]c1)c1ccccc1F. The van der Waals surface area contributed by atoms with Crippen LogP contribution in [0.25, 0.3) is 0 Å². The molecular formula is C13H14FN3O. The number of halogens is 1. The van der Waals surface area contributed by atoms with E-state index < -0.39 is 5.54 Å². The number of carbonyl (C=O) groups excluding carboxylic acids is 1. The number of aromatic nitrogens is 2. The van der Waals surface area contributed by atoms with Gasteiger partial charge < -0.3 is 5.32 Å². The van der Waals surface area contributed by atoms with Crippen LogP contribution in [0, 0.1) is 5.82 Å². The second-order valence-electron chi connectivity index (χ2n) is 4.55. The van der Waals surface area contributed by atoms with E-state index in [1.807, 2.05) is 0 Å². The minimum atomic E-state index is -0.792. The standard InChI is InChI=1S/C13H14FN3O/c1-13(2,10-5-3-4-6-11(10)14)17-12(18)9-7-15-16-8-9/h3-8H,1-2H3,(H,15,16)(H,17,18). The number of aromatic amines is 1. The Hall–Kier alpha value is -2.17. The van der Waals surface area contributed by atoms with Gasteiger partial charge in [0.1, 0.15) is 5.82 Å². The molecule has 2 N–H and O–H groups in total. The van der Waals surface area contributed by atoms with Gasteiger partial charge in [0, 0.05) is 11.8 Å². The number of rotatable bonds is 3. The molecule has 1 aromatic heterocycles. The largest absolute Gasteiger partial charge is 0.343 e. The number of H-pyrrole nitrogens is 1. The van der Waals surface area contributed by atoms with Gasteiger partial charge >= 0.3 is 0 Å². The molecule has 0 atom stereocenters. The lowest BCUT2D eigenvalue weighted by atomic mass is 9.93. The predicted octanol–water partition coefficient (Wildman–Crippen LogP) is 2.21. The van der Waals surface area contributed by atoms with Gasteiger partial charge in [-0.05, 0) is 19.9 Å². The lowest BCUT2D eigenvalue weighted by molar-refractivity contribution is 0.0911. The van der Waals surface area contributed by atoms with E-state index in [1.54, 1.807) is 32.0 Å². The van der Waals surface area contributed by atoms with Gasteiger partial charge in [-0.3, -0.25) is 9.89 Å². The number of amides is 1. The van der Waals surface area contributed by atoms with E-state index >= 15 is 0 Å². The molecule has 4 nitrogen and oxygen atoms in total. The summed E-state index contributed by atoms with van der Waals surface area (Å²) in [5.74, 6) is -0.632. The Morgan fingerprint density at radius 3 is 2.72 bits per heavy atom. The molecule has 0 aliphatic rings. The second-order valence-corrected chi connectivity index (χ2v) is 4.55. The third-order valence-electron chi connectivity index (χ3n) is 2.73. The van der Waals surface area contributed by atoms with Gasteiger partial charge in [-0.15, -0.1) is 0 Å². The highest BCUT2D eigenvalue weighted by molar-refractivity contribution is 5.94. The number of hydrogen-bond acceptors (Lipinski definition) is 2. The Bertz CT molecular complexity index is 549. The van der Waals surface area contributed by atoms with Crippen LogP contribution < -0.4 is 5.32 Å². The molecule has 0 fully saturated rings. The van der Waals surface area contributed by atoms with Crippen molar-refractivity contribution in [2.45, 2.75) is 19.4 Å². The lowest BCUT2D eigenvalue weighted by Crippen LogP contribution is -2.41. The average molecular weight is 247 g/mol. The Morgan fingerprint density at radius 1 is 1.39 bits per heavy atom. The highest BCUT2D eigenvalue weighted by Crippen LogP contribution is 2.23. The summed E-state index contributed by atoms with van der Waals surface area (Å²) >= 11 is 0. The van der Waals surface area contributed by atoms with Crippen LogP contribution >= 0.6 is 0 Å². The summed E-state index contributed by atoms with van der Waals surface area (Å²) in [5.41, 5.74) is 0.0703. The number of hydrogen-bond donors (Lipinski definition) is 2. The molecule has 2 aromatic rings. The minimum absolute atomic E-state index is 0.294. The lowest BCUT2D eigenvalue weighted by Gasteiger charge is -2.27. The van der Waals surface area contributed by atoms with E-state index in [0.717, 1.165) is 0 Å². The number of carbonyl (C=O) groups is 1. The molecular weight excluding hydrogens is 233 g/mol. The summed E-state index contributed by atoms with van der Waals surface area (Å²) < 4.78 is 13.7. The fourth-order valence-corrected chi connectivity index (χ4v) is 1.77. The number of nitrogens with one attached hydrogen (secondary N) is 2. The van der Waals surface area contributed by atoms with E-state index in [-0.39, 0.29) is 11.7 Å². The zero-order valence-electron chi connectivity index (χ0n) is 10.2. The van der Waals surface area contributed by atoms with Crippen LogP contribution in [0.3, 0.4) is 0 Å². The van der Waals surface area contributed by atoms with Crippen LogP contribution in [0.5, 0.6) is 0 Å². The van der Waals surface area contributed by atoms with Crippen LogP contribution in [-0.4, -0.2) is 16.1 Å². The summed E-state index contributed by atoms with van der Waals surface area (Å²) in [4.78, 5) is 11.9. The fraction of sp³-hybridized carbons (Fsp3) is 0.231. The molecule has 2 rings (SSSR count). The predicted molar refractivity (Wildman–Crippen MR) is 65.5 cm³/mol.